The zero-order chi connectivity index (χ0) is 10.6. The molecule has 14 heavy (non-hydrogen) atoms. The molecule has 1 aliphatic rings. The molecule has 1 fully saturated rings. The number of carboxylic acids is 1. The van der Waals surface area contributed by atoms with E-state index in [1.165, 1.54) is 4.90 Å². The van der Waals surface area contributed by atoms with Crippen LogP contribution in [0.2, 0.25) is 0 Å². The van der Waals surface area contributed by atoms with Gasteiger partial charge in [0.05, 0.1) is 6.54 Å². The van der Waals surface area contributed by atoms with Gasteiger partial charge in [-0.2, -0.15) is 11.8 Å². The highest BCUT2D eigenvalue weighted by atomic mass is 32.2. The first-order chi connectivity index (χ1) is 6.66. The lowest BCUT2D eigenvalue weighted by molar-refractivity contribution is -0.148. The number of carbonyl (C=O) groups excluding carboxylic acids is 1. The van der Waals surface area contributed by atoms with Crippen molar-refractivity contribution in [1.29, 1.82) is 0 Å². The van der Waals surface area contributed by atoms with Crippen LogP contribution < -0.4 is 5.32 Å². The van der Waals surface area contributed by atoms with Crippen LogP contribution in [0.4, 0.5) is 0 Å². The number of rotatable bonds is 3. The first-order valence-corrected chi connectivity index (χ1v) is 5.57. The summed E-state index contributed by atoms with van der Waals surface area (Å²) in [5.74, 6) is 0.256. The van der Waals surface area contributed by atoms with Gasteiger partial charge in [0.15, 0.2) is 0 Å². The lowest BCUT2D eigenvalue weighted by Crippen LogP contribution is -2.52. The third-order valence-corrected chi connectivity index (χ3v) is 3.08. The van der Waals surface area contributed by atoms with E-state index in [2.05, 4.69) is 5.32 Å². The number of hydrogen-bond donors (Lipinski definition) is 2. The fourth-order valence-corrected chi connectivity index (χ4v) is 2.40. The number of nitrogens with one attached hydrogen (secondary N) is 1. The molecule has 0 aliphatic carbocycles. The molecule has 0 saturated carbocycles. The standard InChI is InChI=1S/C8H14N2O3S/c1-9-4-7(11)10-2-3-14-5-6(10)8(12)13/h6,9H,2-5H2,1H3,(H,12,13). The second-order valence-corrected chi connectivity index (χ2v) is 4.20. The smallest absolute Gasteiger partial charge is 0.327 e. The summed E-state index contributed by atoms with van der Waals surface area (Å²) in [6, 6.07) is -0.658. The zero-order valence-electron chi connectivity index (χ0n) is 8.02. The van der Waals surface area contributed by atoms with Crippen molar-refractivity contribution in [1.82, 2.24) is 10.2 Å². The van der Waals surface area contributed by atoms with Gasteiger partial charge in [0.1, 0.15) is 6.04 Å². The first-order valence-electron chi connectivity index (χ1n) is 4.41. The van der Waals surface area contributed by atoms with E-state index >= 15 is 0 Å². The SMILES string of the molecule is CNCC(=O)N1CCSCC1C(=O)O. The maximum absolute atomic E-state index is 11.5. The average Bonchev–Trinajstić information content (AvgIpc) is 2.18. The van der Waals surface area contributed by atoms with E-state index < -0.39 is 12.0 Å². The normalized spacial score (nSPS) is 22.1. The van der Waals surface area contributed by atoms with E-state index in [4.69, 9.17) is 5.11 Å². The molecule has 5 nitrogen and oxygen atoms in total. The second kappa shape index (κ2) is 5.21. The Morgan fingerprint density at radius 3 is 2.93 bits per heavy atom. The molecule has 1 atom stereocenters. The van der Waals surface area contributed by atoms with Crippen LogP contribution >= 0.6 is 11.8 Å². The number of likely N-dealkylation sites (N-methyl/N-ethyl adjacent to an activating group) is 1. The van der Waals surface area contributed by atoms with Gasteiger partial charge in [0, 0.05) is 18.1 Å². The molecule has 80 valence electrons. The molecule has 0 bridgehead atoms. The molecule has 0 spiro atoms. The highest BCUT2D eigenvalue weighted by Crippen LogP contribution is 2.16. The van der Waals surface area contributed by atoms with Gasteiger partial charge in [0.25, 0.3) is 0 Å². The molecule has 6 heteroatoms. The maximum atomic E-state index is 11.5. The molecule has 0 aromatic rings. The molecule has 1 unspecified atom stereocenters. The number of hydrogen-bond acceptors (Lipinski definition) is 4. The number of nitrogens with zero attached hydrogens (tertiary/aromatic N) is 1. The number of thioether (sulfide) groups is 1. The highest BCUT2D eigenvalue weighted by Gasteiger charge is 2.31. The number of carboxylic acid groups (broad SMARTS) is 1. The molecular formula is C8H14N2O3S. The van der Waals surface area contributed by atoms with Crippen LogP contribution in [-0.2, 0) is 9.59 Å². The van der Waals surface area contributed by atoms with E-state index in [1.807, 2.05) is 0 Å². The molecule has 2 N–H and O–H groups in total. The van der Waals surface area contributed by atoms with Crippen LogP contribution in [0, 0.1) is 0 Å². The number of aliphatic carboxylic acids is 1. The Morgan fingerprint density at radius 2 is 2.36 bits per heavy atom. The third kappa shape index (κ3) is 2.62. The molecule has 1 aliphatic heterocycles. The van der Waals surface area contributed by atoms with Crippen molar-refractivity contribution < 1.29 is 14.7 Å². The van der Waals surface area contributed by atoms with Gasteiger partial charge < -0.3 is 15.3 Å². The lowest BCUT2D eigenvalue weighted by atomic mass is 10.2. The van der Waals surface area contributed by atoms with E-state index in [9.17, 15) is 9.59 Å². The molecule has 1 saturated heterocycles. The van der Waals surface area contributed by atoms with Gasteiger partial charge in [-0.3, -0.25) is 4.79 Å². The van der Waals surface area contributed by atoms with Gasteiger partial charge in [-0.1, -0.05) is 0 Å². The number of carbonyl (C=O) groups is 2. The Kier molecular flexibility index (Phi) is 4.21. The summed E-state index contributed by atoms with van der Waals surface area (Å²) in [5, 5.41) is 11.6. The van der Waals surface area contributed by atoms with Gasteiger partial charge >= 0.3 is 5.97 Å². The lowest BCUT2D eigenvalue weighted by Gasteiger charge is -2.32. The summed E-state index contributed by atoms with van der Waals surface area (Å²) >= 11 is 1.58. The van der Waals surface area contributed by atoms with Crippen LogP contribution in [0.15, 0.2) is 0 Å². The van der Waals surface area contributed by atoms with Crippen molar-refractivity contribution in [3.05, 3.63) is 0 Å². The molecule has 0 radical (unpaired) electrons. The Bertz CT molecular complexity index is 235. The molecular weight excluding hydrogens is 204 g/mol. The predicted octanol–water partition coefficient (Wildman–Crippen LogP) is -0.766. The summed E-state index contributed by atoms with van der Waals surface area (Å²) < 4.78 is 0. The first kappa shape index (κ1) is 11.3. The van der Waals surface area contributed by atoms with Crippen molar-refractivity contribution >= 4 is 23.6 Å². The summed E-state index contributed by atoms with van der Waals surface area (Å²) in [6.45, 7) is 0.733. The fraction of sp³-hybridized carbons (Fsp3) is 0.750. The summed E-state index contributed by atoms with van der Waals surface area (Å²) in [5.41, 5.74) is 0. The molecule has 1 rings (SSSR count). The minimum absolute atomic E-state index is 0.139. The van der Waals surface area contributed by atoms with Crippen molar-refractivity contribution in [3.8, 4) is 0 Å². The van der Waals surface area contributed by atoms with Gasteiger partial charge in [0.2, 0.25) is 5.91 Å². The largest absolute Gasteiger partial charge is 0.480 e. The van der Waals surface area contributed by atoms with Crippen molar-refractivity contribution in [2.24, 2.45) is 0 Å². The second-order valence-electron chi connectivity index (χ2n) is 3.05. The van der Waals surface area contributed by atoms with Crippen LogP contribution in [-0.4, -0.2) is 59.6 Å². The Labute approximate surface area is 86.8 Å². The monoisotopic (exact) mass is 218 g/mol. The van der Waals surface area contributed by atoms with Crippen molar-refractivity contribution in [2.45, 2.75) is 6.04 Å². The van der Waals surface area contributed by atoms with Crippen LogP contribution in [0.5, 0.6) is 0 Å². The molecule has 1 heterocycles. The minimum Gasteiger partial charge on any atom is -0.480 e. The average molecular weight is 218 g/mol. The van der Waals surface area contributed by atoms with E-state index in [0.717, 1.165) is 5.75 Å². The topological polar surface area (TPSA) is 69.6 Å². The van der Waals surface area contributed by atoms with E-state index in [0.29, 0.717) is 12.3 Å². The Morgan fingerprint density at radius 1 is 1.64 bits per heavy atom. The van der Waals surface area contributed by atoms with Crippen LogP contribution in [0.25, 0.3) is 0 Å². The fourth-order valence-electron chi connectivity index (χ4n) is 1.36. The van der Waals surface area contributed by atoms with Gasteiger partial charge in [-0.15, -0.1) is 0 Å². The number of amides is 1. The third-order valence-electron chi connectivity index (χ3n) is 2.06. The van der Waals surface area contributed by atoms with E-state index in [1.54, 1.807) is 18.8 Å². The minimum atomic E-state index is -0.915. The van der Waals surface area contributed by atoms with E-state index in [-0.39, 0.29) is 12.5 Å². The van der Waals surface area contributed by atoms with Crippen molar-refractivity contribution in [2.75, 3.05) is 31.6 Å². The summed E-state index contributed by atoms with van der Waals surface area (Å²) in [4.78, 5) is 23.8. The maximum Gasteiger partial charge on any atom is 0.327 e. The molecule has 0 aromatic carbocycles. The van der Waals surface area contributed by atoms with Crippen LogP contribution in [0.3, 0.4) is 0 Å². The predicted molar refractivity (Wildman–Crippen MR) is 54.4 cm³/mol. The highest BCUT2D eigenvalue weighted by molar-refractivity contribution is 7.99. The molecule has 0 aromatic heterocycles. The Balaban J connectivity index is 2.62. The zero-order valence-corrected chi connectivity index (χ0v) is 8.84. The van der Waals surface area contributed by atoms with Crippen molar-refractivity contribution in [3.63, 3.8) is 0 Å². The van der Waals surface area contributed by atoms with Gasteiger partial charge in [-0.25, -0.2) is 4.79 Å². The summed E-state index contributed by atoms with van der Waals surface area (Å²) in [6.07, 6.45) is 0. The molecule has 1 amide bonds. The summed E-state index contributed by atoms with van der Waals surface area (Å²) in [7, 11) is 1.67. The van der Waals surface area contributed by atoms with Gasteiger partial charge in [-0.05, 0) is 7.05 Å². The van der Waals surface area contributed by atoms with Crippen LogP contribution in [0.1, 0.15) is 0 Å². The quantitative estimate of drug-likeness (QED) is 0.651. The Hall–Kier alpha value is -0.750.